The van der Waals surface area contributed by atoms with Crippen LogP contribution in [0.3, 0.4) is 0 Å². The summed E-state index contributed by atoms with van der Waals surface area (Å²) in [7, 11) is 1.37. The molecule has 1 N–H and O–H groups in total. The zero-order valence-electron chi connectivity index (χ0n) is 7.33. The fourth-order valence-corrected chi connectivity index (χ4v) is 1.16. The maximum atomic E-state index is 12.4. The molecule has 0 aliphatic rings. The zero-order valence-corrected chi connectivity index (χ0v) is 7.33. The number of para-hydroxylation sites is 1. The van der Waals surface area contributed by atoms with Crippen molar-refractivity contribution in [1.29, 1.82) is 0 Å². The van der Waals surface area contributed by atoms with Crippen LogP contribution in [0.2, 0.25) is 0 Å². The number of hydrogen-bond donors (Lipinski definition) is 1. The van der Waals surface area contributed by atoms with Crippen LogP contribution in [0.25, 0.3) is 0 Å². The van der Waals surface area contributed by atoms with Crippen molar-refractivity contribution in [2.45, 2.75) is 6.43 Å². The molecule has 6 heteroatoms. The number of anilines is 1. The summed E-state index contributed by atoms with van der Waals surface area (Å²) in [6.07, 6.45) is -2.72. The van der Waals surface area contributed by atoms with E-state index in [4.69, 9.17) is 0 Å². The number of alkyl halides is 2. The van der Waals surface area contributed by atoms with Crippen molar-refractivity contribution in [2.24, 2.45) is 0 Å². The lowest BCUT2D eigenvalue weighted by Crippen LogP contribution is -2.01. The molecule has 0 bridgehead atoms. The van der Waals surface area contributed by atoms with Crippen LogP contribution < -0.4 is 5.32 Å². The normalized spacial score (nSPS) is 10.3. The quantitative estimate of drug-likeness (QED) is 0.605. The van der Waals surface area contributed by atoms with Crippen molar-refractivity contribution in [2.75, 3.05) is 12.4 Å². The van der Waals surface area contributed by atoms with Crippen LogP contribution in [-0.4, -0.2) is 12.0 Å². The van der Waals surface area contributed by atoms with E-state index in [1.807, 2.05) is 0 Å². The highest BCUT2D eigenvalue weighted by atomic mass is 19.3. The monoisotopic (exact) mass is 202 g/mol. The maximum Gasteiger partial charge on any atom is 0.292 e. The van der Waals surface area contributed by atoms with Gasteiger partial charge in [0.25, 0.3) is 12.1 Å². The smallest absolute Gasteiger partial charge is 0.292 e. The van der Waals surface area contributed by atoms with Crippen LogP contribution in [0, 0.1) is 10.1 Å². The Balaban J connectivity index is 3.32. The highest BCUT2D eigenvalue weighted by Gasteiger charge is 2.20. The zero-order chi connectivity index (χ0) is 10.7. The molecule has 0 unspecified atom stereocenters. The molecular formula is C8H8F2N2O2. The highest BCUT2D eigenvalue weighted by molar-refractivity contribution is 5.66. The minimum absolute atomic E-state index is 0.132. The number of nitrogens with zero attached hydrogens (tertiary/aromatic N) is 1. The largest absolute Gasteiger partial charge is 0.382 e. The molecule has 0 amide bonds. The molecule has 0 aliphatic carbocycles. The van der Waals surface area contributed by atoms with Gasteiger partial charge in [0.2, 0.25) is 0 Å². The van der Waals surface area contributed by atoms with E-state index < -0.39 is 11.3 Å². The van der Waals surface area contributed by atoms with Crippen molar-refractivity contribution in [1.82, 2.24) is 0 Å². The van der Waals surface area contributed by atoms with Gasteiger partial charge in [0.05, 0.1) is 4.92 Å². The van der Waals surface area contributed by atoms with E-state index in [0.717, 1.165) is 6.07 Å². The van der Waals surface area contributed by atoms with Crippen molar-refractivity contribution in [3.63, 3.8) is 0 Å². The standard InChI is InChI=1S/C8H8F2N2O2/c1-11-7-5(8(9)10)3-2-4-6(7)12(13)14/h2-4,8,11H,1H3. The average Bonchev–Trinajstić information content (AvgIpc) is 2.16. The Bertz CT molecular complexity index is 355. The Morgan fingerprint density at radius 1 is 1.50 bits per heavy atom. The second-order valence-electron chi connectivity index (χ2n) is 2.55. The van der Waals surface area contributed by atoms with Gasteiger partial charge in [-0.2, -0.15) is 0 Å². The van der Waals surface area contributed by atoms with Gasteiger partial charge in [-0.15, -0.1) is 0 Å². The molecule has 1 rings (SSSR count). The topological polar surface area (TPSA) is 55.2 Å². The Hall–Kier alpha value is -1.72. The van der Waals surface area contributed by atoms with E-state index in [9.17, 15) is 18.9 Å². The molecular weight excluding hydrogens is 194 g/mol. The maximum absolute atomic E-state index is 12.4. The predicted octanol–water partition coefficient (Wildman–Crippen LogP) is 2.57. The predicted molar refractivity (Wildman–Crippen MR) is 47.6 cm³/mol. The minimum atomic E-state index is -2.72. The first kappa shape index (κ1) is 10.4. The minimum Gasteiger partial charge on any atom is -0.382 e. The lowest BCUT2D eigenvalue weighted by Gasteiger charge is -2.07. The van der Waals surface area contributed by atoms with Crippen molar-refractivity contribution >= 4 is 11.4 Å². The van der Waals surface area contributed by atoms with Crippen LogP contribution >= 0.6 is 0 Å². The third kappa shape index (κ3) is 1.78. The molecule has 14 heavy (non-hydrogen) atoms. The Morgan fingerprint density at radius 3 is 2.57 bits per heavy atom. The number of nitrogens with one attached hydrogen (secondary N) is 1. The van der Waals surface area contributed by atoms with Crippen LogP contribution in [-0.2, 0) is 0 Å². The van der Waals surface area contributed by atoms with Gasteiger partial charge >= 0.3 is 0 Å². The SMILES string of the molecule is CNc1c(C(F)F)cccc1[N+](=O)[O-]. The van der Waals surface area contributed by atoms with E-state index in [2.05, 4.69) is 5.32 Å². The van der Waals surface area contributed by atoms with Crippen LogP contribution in [0.15, 0.2) is 18.2 Å². The second kappa shape index (κ2) is 3.99. The molecule has 76 valence electrons. The van der Waals surface area contributed by atoms with E-state index in [1.165, 1.54) is 19.2 Å². The van der Waals surface area contributed by atoms with Gasteiger partial charge in [-0.25, -0.2) is 8.78 Å². The van der Waals surface area contributed by atoms with Gasteiger partial charge < -0.3 is 5.32 Å². The number of nitro benzene ring substituents is 1. The fourth-order valence-electron chi connectivity index (χ4n) is 1.16. The summed E-state index contributed by atoms with van der Waals surface area (Å²) in [5, 5.41) is 12.9. The summed E-state index contributed by atoms with van der Waals surface area (Å²) >= 11 is 0. The summed E-state index contributed by atoms with van der Waals surface area (Å²) in [4.78, 5) is 9.78. The molecule has 0 heterocycles. The third-order valence-electron chi connectivity index (χ3n) is 1.76. The van der Waals surface area contributed by atoms with Crippen LogP contribution in [0.5, 0.6) is 0 Å². The first-order valence-corrected chi connectivity index (χ1v) is 3.81. The lowest BCUT2D eigenvalue weighted by molar-refractivity contribution is -0.384. The van der Waals surface area contributed by atoms with Crippen molar-refractivity contribution in [3.8, 4) is 0 Å². The first-order valence-electron chi connectivity index (χ1n) is 3.81. The molecule has 1 aromatic carbocycles. The molecule has 0 radical (unpaired) electrons. The summed E-state index contributed by atoms with van der Waals surface area (Å²) in [5.41, 5.74) is -0.834. The molecule has 0 spiro atoms. The average molecular weight is 202 g/mol. The van der Waals surface area contributed by atoms with E-state index in [0.29, 0.717) is 0 Å². The van der Waals surface area contributed by atoms with Gasteiger partial charge in [0.1, 0.15) is 5.69 Å². The van der Waals surface area contributed by atoms with Crippen molar-refractivity contribution in [3.05, 3.63) is 33.9 Å². The Labute approximate surface area is 78.7 Å². The number of hydrogen-bond acceptors (Lipinski definition) is 3. The lowest BCUT2D eigenvalue weighted by atomic mass is 10.1. The van der Waals surface area contributed by atoms with Crippen LogP contribution in [0.1, 0.15) is 12.0 Å². The summed E-state index contributed by atoms with van der Waals surface area (Å²) < 4.78 is 24.8. The summed E-state index contributed by atoms with van der Waals surface area (Å²) in [6.45, 7) is 0. The van der Waals surface area contributed by atoms with Gasteiger partial charge in [-0.05, 0) is 0 Å². The molecule has 0 saturated carbocycles. The molecule has 0 saturated heterocycles. The first-order chi connectivity index (χ1) is 6.57. The molecule has 1 aromatic rings. The van der Waals surface area contributed by atoms with E-state index in [-0.39, 0.29) is 16.9 Å². The molecule has 0 aliphatic heterocycles. The molecule has 4 nitrogen and oxygen atoms in total. The number of rotatable bonds is 3. The summed E-state index contributed by atoms with van der Waals surface area (Å²) in [5.74, 6) is 0. The fraction of sp³-hybridized carbons (Fsp3) is 0.250. The van der Waals surface area contributed by atoms with Gasteiger partial charge in [0.15, 0.2) is 0 Å². The Kier molecular flexibility index (Phi) is 2.95. The third-order valence-corrected chi connectivity index (χ3v) is 1.76. The van der Waals surface area contributed by atoms with Gasteiger partial charge in [0, 0.05) is 18.7 Å². The second-order valence-corrected chi connectivity index (χ2v) is 2.55. The highest BCUT2D eigenvalue weighted by Crippen LogP contribution is 2.33. The Morgan fingerprint density at radius 2 is 2.14 bits per heavy atom. The van der Waals surface area contributed by atoms with Gasteiger partial charge in [-0.3, -0.25) is 10.1 Å². The van der Waals surface area contributed by atoms with Crippen LogP contribution in [0.4, 0.5) is 20.2 Å². The summed E-state index contributed by atoms with van der Waals surface area (Å²) in [6, 6.07) is 3.57. The number of halogens is 2. The van der Waals surface area contributed by atoms with E-state index in [1.54, 1.807) is 0 Å². The van der Waals surface area contributed by atoms with Crippen molar-refractivity contribution < 1.29 is 13.7 Å². The molecule has 0 aromatic heterocycles. The number of nitro groups is 1. The molecule has 0 fully saturated rings. The van der Waals surface area contributed by atoms with E-state index >= 15 is 0 Å². The van der Waals surface area contributed by atoms with Gasteiger partial charge in [-0.1, -0.05) is 12.1 Å². The number of benzene rings is 1. The molecule has 0 atom stereocenters.